The molecule has 0 spiro atoms. The number of nitrogens with zero attached hydrogens (tertiary/aromatic N) is 1. The molecule has 3 aromatic rings. The van der Waals surface area contributed by atoms with Crippen molar-refractivity contribution in [2.75, 3.05) is 6.54 Å². The molecule has 0 unspecified atom stereocenters. The Balaban J connectivity index is 0.000000131. The minimum absolute atomic E-state index is 0.288. The summed E-state index contributed by atoms with van der Waals surface area (Å²) in [6, 6.07) is 13.0. The fourth-order valence-electron chi connectivity index (χ4n) is 2.59. The Hall–Kier alpha value is -2.59. The fraction of sp³-hybridized carbons (Fsp3) is 0.167. The topological polar surface area (TPSA) is 65.4 Å². The first-order chi connectivity index (χ1) is 10.8. The van der Waals surface area contributed by atoms with Crippen LogP contribution in [0.25, 0.3) is 10.8 Å². The van der Waals surface area contributed by atoms with E-state index in [0.29, 0.717) is 5.75 Å². The van der Waals surface area contributed by atoms with E-state index >= 15 is 0 Å². The van der Waals surface area contributed by atoms with E-state index in [1.165, 1.54) is 5.56 Å². The number of hydrogen-bond donors (Lipinski definition) is 3. The van der Waals surface area contributed by atoms with E-state index in [9.17, 15) is 10.2 Å². The summed E-state index contributed by atoms with van der Waals surface area (Å²) < 4.78 is 0. The highest BCUT2D eigenvalue weighted by Crippen LogP contribution is 2.23. The van der Waals surface area contributed by atoms with Crippen molar-refractivity contribution < 1.29 is 10.2 Å². The van der Waals surface area contributed by atoms with Crippen molar-refractivity contribution in [3.63, 3.8) is 0 Å². The third kappa shape index (κ3) is 3.02. The van der Waals surface area contributed by atoms with E-state index < -0.39 is 0 Å². The van der Waals surface area contributed by atoms with Gasteiger partial charge in [-0.2, -0.15) is 0 Å². The Morgan fingerprint density at radius 3 is 2.59 bits per heavy atom. The van der Waals surface area contributed by atoms with Crippen molar-refractivity contribution in [2.24, 2.45) is 0 Å². The first kappa shape index (κ1) is 14.4. The Labute approximate surface area is 129 Å². The van der Waals surface area contributed by atoms with E-state index in [4.69, 9.17) is 0 Å². The molecule has 2 heterocycles. The van der Waals surface area contributed by atoms with Gasteiger partial charge in [-0.15, -0.1) is 0 Å². The quantitative estimate of drug-likeness (QED) is 0.596. The maximum Gasteiger partial charge on any atom is 0.124 e. The maximum absolute atomic E-state index is 9.42. The van der Waals surface area contributed by atoms with Crippen molar-refractivity contribution in [2.45, 2.75) is 13.0 Å². The van der Waals surface area contributed by atoms with Crippen LogP contribution in [-0.2, 0) is 13.0 Å². The van der Waals surface area contributed by atoms with Crippen LogP contribution in [0, 0.1) is 0 Å². The zero-order valence-corrected chi connectivity index (χ0v) is 12.2. The Morgan fingerprint density at radius 1 is 0.955 bits per heavy atom. The summed E-state index contributed by atoms with van der Waals surface area (Å²) in [4.78, 5) is 3.91. The van der Waals surface area contributed by atoms with Crippen LogP contribution in [-0.4, -0.2) is 21.7 Å². The minimum atomic E-state index is 0.288. The lowest BCUT2D eigenvalue weighted by Gasteiger charge is -2.17. The summed E-state index contributed by atoms with van der Waals surface area (Å²) in [6.45, 7) is 1.83. The van der Waals surface area contributed by atoms with Gasteiger partial charge in [0.2, 0.25) is 0 Å². The molecule has 2 aromatic carbocycles. The molecule has 4 heteroatoms. The van der Waals surface area contributed by atoms with E-state index in [1.807, 2.05) is 24.3 Å². The van der Waals surface area contributed by atoms with Crippen LogP contribution < -0.4 is 5.32 Å². The van der Waals surface area contributed by atoms with Gasteiger partial charge >= 0.3 is 0 Å². The van der Waals surface area contributed by atoms with Gasteiger partial charge in [0.1, 0.15) is 11.5 Å². The smallest absolute Gasteiger partial charge is 0.124 e. The van der Waals surface area contributed by atoms with E-state index in [1.54, 1.807) is 24.5 Å². The van der Waals surface area contributed by atoms with Crippen LogP contribution in [0.5, 0.6) is 11.5 Å². The second-order valence-electron chi connectivity index (χ2n) is 5.22. The highest BCUT2D eigenvalue weighted by atomic mass is 16.3. The van der Waals surface area contributed by atoms with Crippen molar-refractivity contribution >= 4 is 10.8 Å². The van der Waals surface area contributed by atoms with Gasteiger partial charge in [0, 0.05) is 29.9 Å². The normalized spacial score (nSPS) is 13.1. The Morgan fingerprint density at radius 2 is 1.77 bits per heavy atom. The van der Waals surface area contributed by atoms with Gasteiger partial charge in [-0.1, -0.05) is 24.3 Å². The largest absolute Gasteiger partial charge is 0.508 e. The lowest BCUT2D eigenvalue weighted by atomic mass is 10.0. The first-order valence-corrected chi connectivity index (χ1v) is 7.28. The molecule has 0 saturated carbocycles. The zero-order chi connectivity index (χ0) is 15.4. The number of nitrogens with one attached hydrogen (secondary N) is 1. The fourth-order valence-corrected chi connectivity index (χ4v) is 2.59. The van der Waals surface area contributed by atoms with Gasteiger partial charge in [0.15, 0.2) is 0 Å². The Kier molecular flexibility index (Phi) is 4.21. The van der Waals surface area contributed by atoms with Crippen LogP contribution >= 0.6 is 0 Å². The standard InChI is InChI=1S/C9H11NO.C9H7NO/c2*11-9-3-1-2-7-4-5-10-6-8(7)9/h1-3,10-11H,4-6H2;1-6,11H. The molecule has 1 aliphatic heterocycles. The summed E-state index contributed by atoms with van der Waals surface area (Å²) in [7, 11) is 0. The molecule has 4 rings (SSSR count). The summed E-state index contributed by atoms with van der Waals surface area (Å²) in [6.07, 6.45) is 4.40. The second kappa shape index (κ2) is 6.45. The molecule has 3 N–H and O–H groups in total. The van der Waals surface area contributed by atoms with Crippen LogP contribution in [0.15, 0.2) is 54.9 Å². The molecule has 4 nitrogen and oxygen atoms in total. The van der Waals surface area contributed by atoms with E-state index in [0.717, 1.165) is 35.8 Å². The lowest BCUT2D eigenvalue weighted by molar-refractivity contribution is 0.459. The van der Waals surface area contributed by atoms with Gasteiger partial charge in [-0.05, 0) is 42.1 Å². The average Bonchev–Trinajstić information content (AvgIpc) is 2.57. The number of phenols is 2. The van der Waals surface area contributed by atoms with Crippen LogP contribution in [0.2, 0.25) is 0 Å². The number of hydrogen-bond acceptors (Lipinski definition) is 4. The van der Waals surface area contributed by atoms with Crippen molar-refractivity contribution in [1.82, 2.24) is 10.3 Å². The molecule has 112 valence electrons. The van der Waals surface area contributed by atoms with Crippen molar-refractivity contribution in [3.05, 3.63) is 66.0 Å². The number of pyridine rings is 1. The molecular weight excluding hydrogens is 276 g/mol. The molecule has 1 aliphatic rings. The molecule has 1 aromatic heterocycles. The number of phenolic OH excluding ortho intramolecular Hbond substituents is 2. The monoisotopic (exact) mass is 294 g/mol. The van der Waals surface area contributed by atoms with Crippen molar-refractivity contribution in [1.29, 1.82) is 0 Å². The SMILES string of the molecule is Oc1cccc2c1CNCC2.Oc1cccc2ccncc12. The summed E-state index contributed by atoms with van der Waals surface area (Å²) in [5.41, 5.74) is 2.35. The van der Waals surface area contributed by atoms with E-state index in [2.05, 4.69) is 16.4 Å². The molecule has 0 amide bonds. The second-order valence-corrected chi connectivity index (χ2v) is 5.22. The predicted molar refractivity (Wildman–Crippen MR) is 86.9 cm³/mol. The van der Waals surface area contributed by atoms with Crippen LogP contribution in [0.3, 0.4) is 0 Å². The summed E-state index contributed by atoms with van der Waals surface area (Å²) >= 11 is 0. The minimum Gasteiger partial charge on any atom is -0.508 e. The average molecular weight is 294 g/mol. The van der Waals surface area contributed by atoms with Gasteiger partial charge in [0.25, 0.3) is 0 Å². The number of rotatable bonds is 0. The molecule has 22 heavy (non-hydrogen) atoms. The molecule has 0 bridgehead atoms. The third-order valence-electron chi connectivity index (χ3n) is 3.78. The number of aromatic hydroxyl groups is 2. The molecule has 0 radical (unpaired) electrons. The maximum atomic E-state index is 9.42. The number of fused-ring (bicyclic) bond motifs is 2. The van der Waals surface area contributed by atoms with Crippen LogP contribution in [0.1, 0.15) is 11.1 Å². The lowest BCUT2D eigenvalue weighted by Crippen LogP contribution is -2.23. The van der Waals surface area contributed by atoms with Gasteiger partial charge in [-0.3, -0.25) is 4.98 Å². The van der Waals surface area contributed by atoms with Crippen molar-refractivity contribution in [3.8, 4) is 11.5 Å². The molecule has 0 aliphatic carbocycles. The van der Waals surface area contributed by atoms with Gasteiger partial charge < -0.3 is 15.5 Å². The number of aromatic nitrogens is 1. The first-order valence-electron chi connectivity index (χ1n) is 7.28. The zero-order valence-electron chi connectivity index (χ0n) is 12.2. The summed E-state index contributed by atoms with van der Waals surface area (Å²) in [5, 5.41) is 23.8. The molecule has 0 atom stereocenters. The van der Waals surface area contributed by atoms with Crippen LogP contribution in [0.4, 0.5) is 0 Å². The van der Waals surface area contributed by atoms with E-state index in [-0.39, 0.29) is 5.75 Å². The third-order valence-corrected chi connectivity index (χ3v) is 3.78. The van der Waals surface area contributed by atoms with Gasteiger partial charge in [0.05, 0.1) is 0 Å². The van der Waals surface area contributed by atoms with Gasteiger partial charge in [-0.25, -0.2) is 0 Å². The summed E-state index contributed by atoms with van der Waals surface area (Å²) in [5.74, 6) is 0.713. The molecular formula is C18H18N2O2. The predicted octanol–water partition coefficient (Wildman–Crippen LogP) is 2.98. The molecule has 0 fully saturated rings. The number of benzene rings is 2. The Bertz CT molecular complexity index is 782. The highest BCUT2D eigenvalue weighted by Gasteiger charge is 2.10. The molecule has 0 saturated heterocycles. The highest BCUT2D eigenvalue weighted by molar-refractivity contribution is 5.86.